The van der Waals surface area contributed by atoms with Gasteiger partial charge in [0.25, 0.3) is 0 Å². The molecular weight excluding hydrogens is 232 g/mol. The van der Waals surface area contributed by atoms with Crippen LogP contribution in [0.2, 0.25) is 0 Å². The van der Waals surface area contributed by atoms with Crippen LogP contribution < -0.4 is 10.2 Å². The Kier molecular flexibility index (Phi) is 4.51. The summed E-state index contributed by atoms with van der Waals surface area (Å²) in [6.07, 6.45) is 3.93. The number of benzene rings is 1. The Morgan fingerprint density at radius 1 is 1.26 bits per heavy atom. The van der Waals surface area contributed by atoms with E-state index in [1.165, 1.54) is 37.1 Å². The topological polar surface area (TPSA) is 15.3 Å². The van der Waals surface area contributed by atoms with Crippen LogP contribution in [-0.2, 0) is 5.41 Å². The van der Waals surface area contributed by atoms with Crippen LogP contribution in [-0.4, -0.2) is 26.2 Å². The Bertz CT molecular complexity index is 400. The van der Waals surface area contributed by atoms with E-state index in [1.54, 1.807) is 0 Å². The van der Waals surface area contributed by atoms with E-state index >= 15 is 0 Å². The fraction of sp³-hybridized carbons (Fsp3) is 0.647. The lowest BCUT2D eigenvalue weighted by Gasteiger charge is -2.29. The highest BCUT2D eigenvalue weighted by Gasteiger charge is 2.20. The summed E-state index contributed by atoms with van der Waals surface area (Å²) in [4.78, 5) is 2.42. The van der Waals surface area contributed by atoms with Crippen molar-refractivity contribution in [2.75, 3.05) is 25.0 Å². The second-order valence-electron chi connectivity index (χ2n) is 6.77. The van der Waals surface area contributed by atoms with Gasteiger partial charge in [-0.3, -0.25) is 0 Å². The normalized spacial score (nSPS) is 19.7. The molecule has 2 heteroatoms. The van der Waals surface area contributed by atoms with Crippen molar-refractivity contribution < 1.29 is 0 Å². The highest BCUT2D eigenvalue weighted by molar-refractivity contribution is 5.55. The number of nitrogens with one attached hydrogen (secondary N) is 1. The van der Waals surface area contributed by atoms with Crippen LogP contribution in [0.4, 0.5) is 5.69 Å². The van der Waals surface area contributed by atoms with Crippen molar-refractivity contribution in [3.63, 3.8) is 0 Å². The van der Waals surface area contributed by atoms with Crippen molar-refractivity contribution >= 4 is 5.69 Å². The fourth-order valence-electron chi connectivity index (χ4n) is 2.91. The molecule has 1 aromatic carbocycles. The molecule has 2 rings (SSSR count). The van der Waals surface area contributed by atoms with Gasteiger partial charge in [0.1, 0.15) is 0 Å². The zero-order valence-electron chi connectivity index (χ0n) is 12.9. The average molecular weight is 260 g/mol. The van der Waals surface area contributed by atoms with Crippen LogP contribution in [0.25, 0.3) is 0 Å². The Morgan fingerprint density at radius 2 is 2.00 bits per heavy atom. The SMILES string of the molecule is CN(CCC1CCCN1)c1ccccc1C(C)(C)C. The van der Waals surface area contributed by atoms with Crippen LogP contribution >= 0.6 is 0 Å². The first-order valence-electron chi connectivity index (χ1n) is 7.52. The van der Waals surface area contributed by atoms with Crippen molar-refractivity contribution in [2.45, 2.75) is 51.5 Å². The Labute approximate surface area is 118 Å². The lowest BCUT2D eigenvalue weighted by Crippen LogP contribution is -2.29. The molecule has 1 aromatic rings. The molecular formula is C17H28N2. The molecule has 0 amide bonds. The second-order valence-corrected chi connectivity index (χ2v) is 6.77. The maximum absolute atomic E-state index is 3.58. The molecule has 19 heavy (non-hydrogen) atoms. The Hall–Kier alpha value is -1.02. The zero-order chi connectivity index (χ0) is 13.9. The molecule has 1 saturated heterocycles. The molecule has 1 unspecified atom stereocenters. The first-order chi connectivity index (χ1) is 8.98. The third-order valence-corrected chi connectivity index (χ3v) is 4.10. The molecule has 2 nitrogen and oxygen atoms in total. The van der Waals surface area contributed by atoms with Gasteiger partial charge in [0, 0.05) is 25.3 Å². The molecule has 0 aromatic heterocycles. The second kappa shape index (κ2) is 5.96. The van der Waals surface area contributed by atoms with E-state index in [1.807, 2.05) is 0 Å². The van der Waals surface area contributed by atoms with Crippen molar-refractivity contribution in [2.24, 2.45) is 0 Å². The van der Waals surface area contributed by atoms with Crippen molar-refractivity contribution in [3.05, 3.63) is 29.8 Å². The van der Waals surface area contributed by atoms with Gasteiger partial charge in [0.2, 0.25) is 0 Å². The van der Waals surface area contributed by atoms with E-state index in [2.05, 4.69) is 62.3 Å². The van der Waals surface area contributed by atoms with Gasteiger partial charge in [-0.2, -0.15) is 0 Å². The largest absolute Gasteiger partial charge is 0.374 e. The molecule has 1 N–H and O–H groups in total. The van der Waals surface area contributed by atoms with Crippen LogP contribution in [0.5, 0.6) is 0 Å². The summed E-state index contributed by atoms with van der Waals surface area (Å²) < 4.78 is 0. The Balaban J connectivity index is 2.03. The molecule has 0 bridgehead atoms. The van der Waals surface area contributed by atoms with Gasteiger partial charge < -0.3 is 10.2 Å². The minimum absolute atomic E-state index is 0.205. The first-order valence-corrected chi connectivity index (χ1v) is 7.52. The standard InChI is InChI=1S/C17H28N2/c1-17(2,3)15-9-5-6-10-16(15)19(4)13-11-14-8-7-12-18-14/h5-6,9-10,14,18H,7-8,11-13H2,1-4H3. The molecule has 1 aliphatic rings. The Morgan fingerprint density at radius 3 is 2.63 bits per heavy atom. The van der Waals surface area contributed by atoms with Crippen LogP contribution in [0, 0.1) is 0 Å². The summed E-state index contributed by atoms with van der Waals surface area (Å²) in [5.41, 5.74) is 3.03. The van der Waals surface area contributed by atoms with Gasteiger partial charge in [-0.25, -0.2) is 0 Å². The van der Waals surface area contributed by atoms with E-state index in [9.17, 15) is 0 Å². The molecule has 106 valence electrons. The zero-order valence-corrected chi connectivity index (χ0v) is 12.9. The van der Waals surface area contributed by atoms with Gasteiger partial charge >= 0.3 is 0 Å². The van der Waals surface area contributed by atoms with Crippen molar-refractivity contribution in [3.8, 4) is 0 Å². The average Bonchev–Trinajstić information content (AvgIpc) is 2.88. The van der Waals surface area contributed by atoms with Crippen molar-refractivity contribution in [1.82, 2.24) is 5.32 Å². The number of nitrogens with zero attached hydrogens (tertiary/aromatic N) is 1. The number of hydrogen-bond donors (Lipinski definition) is 1. The maximum atomic E-state index is 3.58. The summed E-state index contributed by atoms with van der Waals surface area (Å²) in [6.45, 7) is 9.20. The van der Waals surface area contributed by atoms with E-state index < -0.39 is 0 Å². The monoisotopic (exact) mass is 260 g/mol. The third kappa shape index (κ3) is 3.73. The van der Waals surface area contributed by atoms with Gasteiger partial charge in [-0.15, -0.1) is 0 Å². The number of rotatable bonds is 4. The van der Waals surface area contributed by atoms with E-state index in [4.69, 9.17) is 0 Å². The molecule has 0 radical (unpaired) electrons. The van der Waals surface area contributed by atoms with Gasteiger partial charge in [-0.1, -0.05) is 39.0 Å². The van der Waals surface area contributed by atoms with Gasteiger partial charge in [0.05, 0.1) is 0 Å². The minimum atomic E-state index is 0.205. The first kappa shape index (κ1) is 14.4. The smallest absolute Gasteiger partial charge is 0.0401 e. The lowest BCUT2D eigenvalue weighted by atomic mass is 9.85. The summed E-state index contributed by atoms with van der Waals surface area (Å²) >= 11 is 0. The van der Waals surface area contributed by atoms with E-state index in [0.717, 1.165) is 12.6 Å². The summed E-state index contributed by atoms with van der Waals surface area (Å²) in [5.74, 6) is 0. The van der Waals surface area contributed by atoms with Gasteiger partial charge in [-0.05, 0) is 42.9 Å². The molecule has 1 atom stereocenters. The van der Waals surface area contributed by atoms with E-state index in [0.29, 0.717) is 0 Å². The van der Waals surface area contributed by atoms with Crippen LogP contribution in [0.1, 0.15) is 45.6 Å². The molecule has 0 saturated carbocycles. The highest BCUT2D eigenvalue weighted by Crippen LogP contribution is 2.31. The van der Waals surface area contributed by atoms with Crippen LogP contribution in [0.3, 0.4) is 0 Å². The molecule has 0 aliphatic carbocycles. The van der Waals surface area contributed by atoms with E-state index in [-0.39, 0.29) is 5.41 Å². The minimum Gasteiger partial charge on any atom is -0.374 e. The summed E-state index contributed by atoms with van der Waals surface area (Å²) in [5, 5.41) is 3.58. The molecule has 1 heterocycles. The number of hydrogen-bond acceptors (Lipinski definition) is 2. The summed E-state index contributed by atoms with van der Waals surface area (Å²) in [7, 11) is 2.22. The van der Waals surface area contributed by atoms with Gasteiger partial charge in [0.15, 0.2) is 0 Å². The predicted molar refractivity (Wildman–Crippen MR) is 84.1 cm³/mol. The molecule has 0 spiro atoms. The summed E-state index contributed by atoms with van der Waals surface area (Å²) in [6, 6.07) is 9.54. The molecule has 1 aliphatic heterocycles. The lowest BCUT2D eigenvalue weighted by molar-refractivity contribution is 0.554. The maximum Gasteiger partial charge on any atom is 0.0401 e. The fourth-order valence-corrected chi connectivity index (χ4v) is 2.91. The van der Waals surface area contributed by atoms with Crippen molar-refractivity contribution in [1.29, 1.82) is 0 Å². The number of anilines is 1. The van der Waals surface area contributed by atoms with Crippen LogP contribution in [0.15, 0.2) is 24.3 Å². The third-order valence-electron chi connectivity index (χ3n) is 4.10. The predicted octanol–water partition coefficient (Wildman–Crippen LogP) is 3.56. The molecule has 1 fully saturated rings. The highest BCUT2D eigenvalue weighted by atomic mass is 15.1. The quantitative estimate of drug-likeness (QED) is 0.890. The number of para-hydroxylation sites is 1.